The Morgan fingerprint density at radius 1 is 1.56 bits per heavy atom. The first kappa shape index (κ1) is 15.4. The summed E-state index contributed by atoms with van der Waals surface area (Å²) >= 11 is 0. The first-order chi connectivity index (χ1) is 8.48. The monoisotopic (exact) mass is 259 g/mol. The quantitative estimate of drug-likeness (QED) is 0.694. The Kier molecular flexibility index (Phi) is 6.05. The van der Waals surface area contributed by atoms with Crippen LogP contribution in [0.15, 0.2) is 0 Å². The lowest BCUT2D eigenvalue weighted by Gasteiger charge is -2.30. The molecule has 18 heavy (non-hydrogen) atoms. The number of carbonyl (C=O) groups excluding carboxylic acids is 1. The van der Waals surface area contributed by atoms with Crippen LogP contribution in [0.2, 0.25) is 0 Å². The summed E-state index contributed by atoms with van der Waals surface area (Å²) in [5.74, 6) is -0.302. The summed E-state index contributed by atoms with van der Waals surface area (Å²) in [5, 5.41) is 3.19. The fraction of sp³-hybridized carbons (Fsp3) is 0.923. The van der Waals surface area contributed by atoms with Crippen molar-refractivity contribution in [2.24, 2.45) is 0 Å². The van der Waals surface area contributed by atoms with Gasteiger partial charge in [-0.3, -0.25) is 5.32 Å². The van der Waals surface area contributed by atoms with E-state index in [1.807, 2.05) is 13.8 Å². The fourth-order valence-electron chi connectivity index (χ4n) is 2.19. The largest absolute Gasteiger partial charge is 0.468 e. The number of ether oxygens (including phenoxy) is 3. The number of esters is 1. The molecule has 0 bridgehead atoms. The lowest BCUT2D eigenvalue weighted by molar-refractivity contribution is -0.151. The molecule has 0 saturated carbocycles. The summed E-state index contributed by atoms with van der Waals surface area (Å²) in [6.45, 7) is 7.41. The van der Waals surface area contributed by atoms with E-state index in [1.165, 1.54) is 7.11 Å². The second-order valence-electron chi connectivity index (χ2n) is 5.27. The predicted molar refractivity (Wildman–Crippen MR) is 68.5 cm³/mol. The topological polar surface area (TPSA) is 56.8 Å². The Hall–Kier alpha value is -0.650. The molecular weight excluding hydrogens is 234 g/mol. The standard InChI is InChI=1S/C13H25NO4/c1-10(2)14-13(3,12(15)16-4)9-17-8-11-6-5-7-18-11/h10-11,14H,5-9H2,1-4H3. The molecule has 0 aromatic rings. The third-order valence-electron chi connectivity index (χ3n) is 2.96. The van der Waals surface area contributed by atoms with Crippen LogP contribution in [-0.2, 0) is 19.0 Å². The van der Waals surface area contributed by atoms with E-state index in [9.17, 15) is 4.79 Å². The van der Waals surface area contributed by atoms with E-state index in [-0.39, 0.29) is 24.7 Å². The van der Waals surface area contributed by atoms with Gasteiger partial charge < -0.3 is 14.2 Å². The molecule has 0 aromatic heterocycles. The van der Waals surface area contributed by atoms with Crippen LogP contribution in [0.5, 0.6) is 0 Å². The average molecular weight is 259 g/mol. The van der Waals surface area contributed by atoms with E-state index in [4.69, 9.17) is 14.2 Å². The van der Waals surface area contributed by atoms with Crippen LogP contribution in [-0.4, -0.2) is 50.6 Å². The zero-order valence-electron chi connectivity index (χ0n) is 11.8. The molecule has 1 saturated heterocycles. The molecular formula is C13H25NO4. The van der Waals surface area contributed by atoms with E-state index in [0.717, 1.165) is 19.4 Å². The first-order valence-electron chi connectivity index (χ1n) is 6.53. The highest BCUT2D eigenvalue weighted by Crippen LogP contribution is 2.14. The van der Waals surface area contributed by atoms with Crippen LogP contribution < -0.4 is 5.32 Å². The van der Waals surface area contributed by atoms with E-state index < -0.39 is 5.54 Å². The molecule has 1 N–H and O–H groups in total. The predicted octanol–water partition coefficient (Wildman–Crippen LogP) is 1.11. The van der Waals surface area contributed by atoms with Crippen LogP contribution in [0.4, 0.5) is 0 Å². The first-order valence-corrected chi connectivity index (χ1v) is 6.53. The van der Waals surface area contributed by atoms with Crippen LogP contribution >= 0.6 is 0 Å². The third kappa shape index (κ3) is 4.55. The van der Waals surface area contributed by atoms with Gasteiger partial charge in [-0.1, -0.05) is 0 Å². The molecule has 106 valence electrons. The zero-order valence-corrected chi connectivity index (χ0v) is 11.8. The molecule has 1 aliphatic heterocycles. The third-order valence-corrected chi connectivity index (χ3v) is 2.96. The molecule has 2 unspecified atom stereocenters. The number of rotatable bonds is 7. The molecule has 0 radical (unpaired) electrons. The minimum atomic E-state index is -0.804. The Balaban J connectivity index is 2.42. The molecule has 1 fully saturated rings. The molecule has 0 spiro atoms. The number of methoxy groups -OCH3 is 1. The molecule has 5 heteroatoms. The second kappa shape index (κ2) is 7.07. The fourth-order valence-corrected chi connectivity index (χ4v) is 2.19. The smallest absolute Gasteiger partial charge is 0.328 e. The van der Waals surface area contributed by atoms with Crippen LogP contribution in [0.3, 0.4) is 0 Å². The van der Waals surface area contributed by atoms with Crippen LogP contribution in [0, 0.1) is 0 Å². The second-order valence-corrected chi connectivity index (χ2v) is 5.27. The van der Waals surface area contributed by atoms with E-state index >= 15 is 0 Å². The van der Waals surface area contributed by atoms with Crippen molar-refractivity contribution in [3.05, 3.63) is 0 Å². The van der Waals surface area contributed by atoms with Crippen molar-refractivity contribution in [3.8, 4) is 0 Å². The molecule has 0 amide bonds. The van der Waals surface area contributed by atoms with Gasteiger partial charge in [0.15, 0.2) is 0 Å². The molecule has 2 atom stereocenters. The summed E-state index contributed by atoms with van der Waals surface area (Å²) in [6, 6.07) is 0.181. The van der Waals surface area contributed by atoms with Gasteiger partial charge in [-0.2, -0.15) is 0 Å². The van der Waals surface area contributed by atoms with E-state index in [1.54, 1.807) is 6.92 Å². The van der Waals surface area contributed by atoms with Gasteiger partial charge in [-0.05, 0) is 33.6 Å². The van der Waals surface area contributed by atoms with Crippen LogP contribution in [0.1, 0.15) is 33.6 Å². The number of hydrogen-bond donors (Lipinski definition) is 1. The summed E-state index contributed by atoms with van der Waals surface area (Å²) in [7, 11) is 1.39. The minimum Gasteiger partial charge on any atom is -0.468 e. The van der Waals surface area contributed by atoms with Crippen molar-refractivity contribution in [2.45, 2.75) is 51.3 Å². The summed E-state index contributed by atoms with van der Waals surface area (Å²) < 4.78 is 15.9. The minimum absolute atomic E-state index is 0.172. The van der Waals surface area contributed by atoms with Gasteiger partial charge in [-0.15, -0.1) is 0 Å². The normalized spacial score (nSPS) is 23.1. The number of hydrogen-bond acceptors (Lipinski definition) is 5. The van der Waals surface area contributed by atoms with Crippen molar-refractivity contribution in [2.75, 3.05) is 26.9 Å². The van der Waals surface area contributed by atoms with Crippen molar-refractivity contribution in [1.29, 1.82) is 0 Å². The van der Waals surface area contributed by atoms with Crippen LogP contribution in [0.25, 0.3) is 0 Å². The highest BCUT2D eigenvalue weighted by atomic mass is 16.5. The number of carbonyl (C=O) groups is 1. The van der Waals surface area contributed by atoms with Gasteiger partial charge in [0.25, 0.3) is 0 Å². The van der Waals surface area contributed by atoms with Gasteiger partial charge in [0, 0.05) is 12.6 Å². The SMILES string of the molecule is COC(=O)C(C)(COCC1CCCO1)NC(C)C. The van der Waals surface area contributed by atoms with Crippen molar-refractivity contribution in [1.82, 2.24) is 5.32 Å². The maximum atomic E-state index is 11.8. The van der Waals surface area contributed by atoms with E-state index in [0.29, 0.717) is 6.61 Å². The average Bonchev–Trinajstić information content (AvgIpc) is 2.80. The Morgan fingerprint density at radius 2 is 2.28 bits per heavy atom. The maximum absolute atomic E-state index is 11.8. The lowest BCUT2D eigenvalue weighted by atomic mass is 10.0. The van der Waals surface area contributed by atoms with Gasteiger partial charge >= 0.3 is 5.97 Å². The molecule has 1 rings (SSSR count). The lowest BCUT2D eigenvalue weighted by Crippen LogP contribution is -2.56. The van der Waals surface area contributed by atoms with Gasteiger partial charge in [0.05, 0.1) is 26.4 Å². The molecule has 1 heterocycles. The van der Waals surface area contributed by atoms with Crippen molar-refractivity contribution in [3.63, 3.8) is 0 Å². The summed E-state index contributed by atoms with van der Waals surface area (Å²) in [6.07, 6.45) is 2.30. The van der Waals surface area contributed by atoms with E-state index in [2.05, 4.69) is 5.32 Å². The maximum Gasteiger partial charge on any atom is 0.328 e. The zero-order chi connectivity index (χ0) is 13.6. The Morgan fingerprint density at radius 3 is 2.78 bits per heavy atom. The molecule has 1 aliphatic rings. The van der Waals surface area contributed by atoms with Gasteiger partial charge in [-0.25, -0.2) is 4.79 Å². The van der Waals surface area contributed by atoms with Crippen molar-refractivity contribution >= 4 is 5.97 Å². The molecule has 0 aromatic carbocycles. The highest BCUT2D eigenvalue weighted by molar-refractivity contribution is 5.80. The van der Waals surface area contributed by atoms with Crippen molar-refractivity contribution < 1.29 is 19.0 Å². The Labute approximate surface area is 109 Å². The Bertz CT molecular complexity index is 264. The summed E-state index contributed by atoms with van der Waals surface area (Å²) in [4.78, 5) is 11.8. The van der Waals surface area contributed by atoms with Gasteiger partial charge in [0.1, 0.15) is 5.54 Å². The van der Waals surface area contributed by atoms with Gasteiger partial charge in [0.2, 0.25) is 0 Å². The molecule has 0 aliphatic carbocycles. The molecule has 5 nitrogen and oxygen atoms in total. The summed E-state index contributed by atoms with van der Waals surface area (Å²) in [5.41, 5.74) is -0.804. The highest BCUT2D eigenvalue weighted by Gasteiger charge is 2.35. The number of nitrogens with one attached hydrogen (secondary N) is 1.